The van der Waals surface area contributed by atoms with E-state index in [9.17, 15) is 10.5 Å². The van der Waals surface area contributed by atoms with E-state index in [-0.39, 0.29) is 0 Å². The fourth-order valence-corrected chi connectivity index (χ4v) is 7.00. The fraction of sp³-hybridized carbons (Fsp3) is 0.0500. The number of rotatable bonds is 3. The highest BCUT2D eigenvalue weighted by Crippen LogP contribution is 2.42. The largest absolute Gasteiger partial charge is 0.308 e. The molecule has 44 heavy (non-hydrogen) atoms. The molecule has 0 N–H and O–H groups in total. The van der Waals surface area contributed by atoms with Gasteiger partial charge in [0.2, 0.25) is 0 Å². The van der Waals surface area contributed by atoms with Crippen LogP contribution in [-0.4, -0.2) is 9.13 Å². The summed E-state index contributed by atoms with van der Waals surface area (Å²) in [4.78, 5) is 0. The molecule has 8 aromatic rings. The molecule has 0 spiro atoms. The lowest BCUT2D eigenvalue weighted by atomic mass is 9.97. The van der Waals surface area contributed by atoms with Crippen molar-refractivity contribution >= 4 is 43.6 Å². The first-order valence-electron chi connectivity index (χ1n) is 14.7. The van der Waals surface area contributed by atoms with Crippen LogP contribution >= 0.6 is 0 Å². The van der Waals surface area contributed by atoms with Gasteiger partial charge in [-0.05, 0) is 73.0 Å². The molecule has 2 heterocycles. The monoisotopic (exact) mass is 562 g/mol. The number of para-hydroxylation sites is 2. The first-order chi connectivity index (χ1) is 21.6. The van der Waals surface area contributed by atoms with Crippen LogP contribution in [0.4, 0.5) is 0 Å². The number of hydrogen-bond acceptors (Lipinski definition) is 2. The van der Waals surface area contributed by atoms with E-state index in [0.717, 1.165) is 55.3 Å². The Morgan fingerprint density at radius 2 is 1.09 bits per heavy atom. The molecule has 0 radical (unpaired) electrons. The van der Waals surface area contributed by atoms with Crippen LogP contribution < -0.4 is 0 Å². The van der Waals surface area contributed by atoms with Gasteiger partial charge in [-0.2, -0.15) is 10.5 Å². The SMILES string of the molecule is Cc1cccc2c1c1ccccc1n2-c1ccc(-c2cccc(C#N)c2)c(-n2c3ccccc3c3c(C)cccc32)c1C#N. The van der Waals surface area contributed by atoms with Crippen LogP contribution in [0.25, 0.3) is 66.1 Å². The van der Waals surface area contributed by atoms with Gasteiger partial charge in [0.15, 0.2) is 0 Å². The molecule has 0 atom stereocenters. The van der Waals surface area contributed by atoms with Crippen molar-refractivity contribution in [2.24, 2.45) is 0 Å². The van der Waals surface area contributed by atoms with Crippen molar-refractivity contribution in [2.45, 2.75) is 13.8 Å². The summed E-state index contributed by atoms with van der Waals surface area (Å²) in [5, 5.41) is 25.5. The van der Waals surface area contributed by atoms with Crippen LogP contribution in [0.3, 0.4) is 0 Å². The van der Waals surface area contributed by atoms with E-state index in [4.69, 9.17) is 0 Å². The van der Waals surface area contributed by atoms with Crippen LogP contribution in [0.1, 0.15) is 22.3 Å². The number of nitrogens with zero attached hydrogens (tertiary/aromatic N) is 4. The third kappa shape index (κ3) is 3.56. The molecule has 2 aromatic heterocycles. The predicted octanol–water partition coefficient (Wildman–Crippen LogP) is 9.91. The van der Waals surface area contributed by atoms with Crippen LogP contribution in [0, 0.1) is 36.5 Å². The first-order valence-corrected chi connectivity index (χ1v) is 14.7. The van der Waals surface area contributed by atoms with Crippen LogP contribution in [-0.2, 0) is 0 Å². The summed E-state index contributed by atoms with van der Waals surface area (Å²) in [5.74, 6) is 0. The summed E-state index contributed by atoms with van der Waals surface area (Å²) < 4.78 is 4.47. The van der Waals surface area contributed by atoms with E-state index in [1.54, 1.807) is 0 Å². The molecular weight excluding hydrogens is 536 g/mol. The van der Waals surface area contributed by atoms with Crippen molar-refractivity contribution in [3.8, 4) is 34.6 Å². The molecule has 6 aromatic carbocycles. The van der Waals surface area contributed by atoms with E-state index in [0.29, 0.717) is 11.1 Å². The number of benzene rings is 6. The second kappa shape index (κ2) is 9.73. The number of aromatic nitrogens is 2. The third-order valence-electron chi connectivity index (χ3n) is 8.85. The number of aryl methyl sites for hydroxylation is 2. The van der Waals surface area contributed by atoms with E-state index >= 15 is 0 Å². The van der Waals surface area contributed by atoms with E-state index in [1.165, 1.54) is 21.9 Å². The lowest BCUT2D eigenvalue weighted by molar-refractivity contribution is 1.12. The number of hydrogen-bond donors (Lipinski definition) is 0. The molecule has 0 saturated heterocycles. The first kappa shape index (κ1) is 25.6. The third-order valence-corrected chi connectivity index (χ3v) is 8.85. The molecule has 4 heteroatoms. The minimum Gasteiger partial charge on any atom is -0.308 e. The van der Waals surface area contributed by atoms with E-state index in [2.05, 4.69) is 132 Å². The lowest BCUT2D eigenvalue weighted by Crippen LogP contribution is -2.06. The molecule has 8 rings (SSSR count). The van der Waals surface area contributed by atoms with Gasteiger partial charge in [0.05, 0.1) is 45.1 Å². The quantitative estimate of drug-likeness (QED) is 0.215. The molecular formula is C40H26N4. The molecule has 0 fully saturated rings. The summed E-state index contributed by atoms with van der Waals surface area (Å²) >= 11 is 0. The molecule has 0 aliphatic rings. The average Bonchev–Trinajstić information content (AvgIpc) is 3.58. The zero-order chi connectivity index (χ0) is 29.9. The molecule has 4 nitrogen and oxygen atoms in total. The summed E-state index contributed by atoms with van der Waals surface area (Å²) in [6, 6.07) is 46.3. The van der Waals surface area contributed by atoms with Crippen LogP contribution in [0.2, 0.25) is 0 Å². The van der Waals surface area contributed by atoms with Crippen LogP contribution in [0.5, 0.6) is 0 Å². The van der Waals surface area contributed by atoms with Gasteiger partial charge in [-0.15, -0.1) is 0 Å². The van der Waals surface area contributed by atoms with Crippen molar-refractivity contribution in [1.82, 2.24) is 9.13 Å². The lowest BCUT2D eigenvalue weighted by Gasteiger charge is -2.20. The molecule has 0 amide bonds. The van der Waals surface area contributed by atoms with Gasteiger partial charge in [-0.3, -0.25) is 0 Å². The molecule has 0 aliphatic heterocycles. The molecule has 0 bridgehead atoms. The summed E-state index contributed by atoms with van der Waals surface area (Å²) in [5.41, 5.74) is 11.1. The zero-order valence-electron chi connectivity index (χ0n) is 24.3. The number of nitriles is 2. The Morgan fingerprint density at radius 3 is 1.73 bits per heavy atom. The second-order valence-corrected chi connectivity index (χ2v) is 11.3. The Hall–Kier alpha value is -6.10. The van der Waals surface area contributed by atoms with Gasteiger partial charge in [-0.1, -0.05) is 78.9 Å². The average molecular weight is 563 g/mol. The van der Waals surface area contributed by atoms with Crippen molar-refractivity contribution in [3.63, 3.8) is 0 Å². The highest BCUT2D eigenvalue weighted by molar-refractivity contribution is 6.13. The molecule has 0 aliphatic carbocycles. The normalized spacial score (nSPS) is 11.4. The van der Waals surface area contributed by atoms with Gasteiger partial charge in [0.25, 0.3) is 0 Å². The molecule has 0 unspecified atom stereocenters. The number of fused-ring (bicyclic) bond motifs is 6. The predicted molar refractivity (Wildman–Crippen MR) is 179 cm³/mol. The van der Waals surface area contributed by atoms with Gasteiger partial charge >= 0.3 is 0 Å². The van der Waals surface area contributed by atoms with Gasteiger partial charge in [0, 0.05) is 27.1 Å². The molecule has 206 valence electrons. The standard InChI is InChI=1S/C40H26N4/c1-25-10-7-18-36-38(25)30-14-3-5-16-33(30)43(36)35-21-20-29(28-13-9-12-27(22-28)23-41)40(32(35)24-42)44-34-17-6-4-15-31(34)39-26(2)11-8-19-37(39)44/h3-22H,1-2H3. The minimum atomic E-state index is 0.568. The Bertz CT molecular complexity index is 2550. The Morgan fingerprint density at radius 1 is 0.523 bits per heavy atom. The minimum absolute atomic E-state index is 0.568. The summed E-state index contributed by atoms with van der Waals surface area (Å²) in [6.07, 6.45) is 0. The maximum Gasteiger partial charge on any atom is 0.104 e. The Kier molecular flexibility index (Phi) is 5.66. The van der Waals surface area contributed by atoms with Crippen molar-refractivity contribution < 1.29 is 0 Å². The summed E-state index contributed by atoms with van der Waals surface area (Å²) in [7, 11) is 0. The fourth-order valence-electron chi connectivity index (χ4n) is 7.00. The van der Waals surface area contributed by atoms with Crippen LogP contribution in [0.15, 0.2) is 121 Å². The Labute approximate surface area is 254 Å². The van der Waals surface area contributed by atoms with Crippen molar-refractivity contribution in [1.29, 1.82) is 10.5 Å². The maximum absolute atomic E-state index is 11.1. The van der Waals surface area contributed by atoms with E-state index in [1.807, 2.05) is 24.3 Å². The highest BCUT2D eigenvalue weighted by atomic mass is 15.0. The molecule has 0 saturated carbocycles. The topological polar surface area (TPSA) is 57.4 Å². The van der Waals surface area contributed by atoms with Gasteiger partial charge in [-0.25, -0.2) is 0 Å². The summed E-state index contributed by atoms with van der Waals surface area (Å²) in [6.45, 7) is 4.28. The maximum atomic E-state index is 11.1. The second-order valence-electron chi connectivity index (χ2n) is 11.3. The zero-order valence-corrected chi connectivity index (χ0v) is 24.3. The Balaban J connectivity index is 1.59. The smallest absolute Gasteiger partial charge is 0.104 e. The van der Waals surface area contributed by atoms with Crippen molar-refractivity contribution in [3.05, 3.63) is 144 Å². The van der Waals surface area contributed by atoms with Gasteiger partial charge in [0.1, 0.15) is 11.6 Å². The highest BCUT2D eigenvalue weighted by Gasteiger charge is 2.24. The van der Waals surface area contributed by atoms with Crippen molar-refractivity contribution in [2.75, 3.05) is 0 Å². The van der Waals surface area contributed by atoms with Gasteiger partial charge < -0.3 is 9.13 Å². The van der Waals surface area contributed by atoms with E-state index < -0.39 is 0 Å².